The monoisotopic (exact) mass is 173 g/mol. The summed E-state index contributed by atoms with van der Waals surface area (Å²) in [5.74, 6) is 0.0682. The van der Waals surface area contributed by atoms with Crippen molar-refractivity contribution in [3.05, 3.63) is 42.5 Å². The predicted octanol–water partition coefficient (Wildman–Crippen LogP) is 1.98. The molecule has 1 heterocycles. The number of nitrogens with zero attached hydrogens (tertiary/aromatic N) is 1. The third kappa shape index (κ3) is 1.35. The average molecular weight is 173 g/mol. The molecule has 0 N–H and O–H groups in total. The molecule has 0 saturated carbocycles. The van der Waals surface area contributed by atoms with Crippen LogP contribution in [0, 0.1) is 0 Å². The van der Waals surface area contributed by atoms with Crippen LogP contribution in [0.2, 0.25) is 0 Å². The molecule has 0 spiro atoms. The van der Waals surface area contributed by atoms with Gasteiger partial charge in [-0.05, 0) is 19.1 Å². The molecular weight excluding hydrogens is 162 g/mol. The molecule has 1 atom stereocenters. The molecule has 1 aromatic rings. The first kappa shape index (κ1) is 8.05. The lowest BCUT2D eigenvalue weighted by Gasteiger charge is -2.21. The lowest BCUT2D eigenvalue weighted by molar-refractivity contribution is -0.113. The topological polar surface area (TPSA) is 20.3 Å². The Morgan fingerprint density at radius 1 is 1.23 bits per heavy atom. The summed E-state index contributed by atoms with van der Waals surface area (Å²) in [5.41, 5.74) is 0.963. The molecule has 1 unspecified atom stereocenters. The Labute approximate surface area is 77.5 Å². The van der Waals surface area contributed by atoms with Gasteiger partial charge in [0.25, 0.3) is 5.91 Å². The van der Waals surface area contributed by atoms with Crippen LogP contribution in [0.5, 0.6) is 0 Å². The molecule has 2 heteroatoms. The zero-order valence-electron chi connectivity index (χ0n) is 7.47. The van der Waals surface area contributed by atoms with Gasteiger partial charge in [0.2, 0.25) is 0 Å². The normalized spacial score (nSPS) is 21.2. The molecule has 1 aliphatic heterocycles. The first-order valence-corrected chi connectivity index (χ1v) is 4.35. The van der Waals surface area contributed by atoms with E-state index in [0.29, 0.717) is 0 Å². The van der Waals surface area contributed by atoms with E-state index >= 15 is 0 Å². The van der Waals surface area contributed by atoms with Gasteiger partial charge in [0.05, 0.1) is 6.04 Å². The van der Waals surface area contributed by atoms with Crippen molar-refractivity contribution in [1.82, 2.24) is 0 Å². The van der Waals surface area contributed by atoms with Crippen molar-refractivity contribution in [2.75, 3.05) is 4.90 Å². The minimum Gasteiger partial charge on any atom is -0.302 e. The molecule has 2 nitrogen and oxygen atoms in total. The van der Waals surface area contributed by atoms with Crippen molar-refractivity contribution in [1.29, 1.82) is 0 Å². The second-order valence-electron chi connectivity index (χ2n) is 3.14. The van der Waals surface area contributed by atoms with Crippen LogP contribution in [0.3, 0.4) is 0 Å². The van der Waals surface area contributed by atoms with E-state index in [9.17, 15) is 4.79 Å². The molecular formula is C11H11NO. The number of amides is 1. The highest BCUT2D eigenvalue weighted by atomic mass is 16.2. The van der Waals surface area contributed by atoms with Gasteiger partial charge in [0, 0.05) is 11.8 Å². The molecule has 0 fully saturated rings. The summed E-state index contributed by atoms with van der Waals surface area (Å²) in [6, 6.07) is 9.89. The van der Waals surface area contributed by atoms with Gasteiger partial charge in [-0.2, -0.15) is 0 Å². The molecule has 1 aliphatic rings. The maximum atomic E-state index is 11.4. The number of benzene rings is 1. The smallest absolute Gasteiger partial charge is 0.251 e. The molecule has 66 valence electrons. The minimum atomic E-state index is 0.0682. The summed E-state index contributed by atoms with van der Waals surface area (Å²) in [6.07, 6.45) is 3.53. The number of carbonyl (C=O) groups excluding carboxylic acids is 1. The zero-order valence-corrected chi connectivity index (χ0v) is 7.47. The summed E-state index contributed by atoms with van der Waals surface area (Å²) in [4.78, 5) is 13.2. The minimum absolute atomic E-state index is 0.0682. The summed E-state index contributed by atoms with van der Waals surface area (Å²) in [5, 5.41) is 0. The average Bonchev–Trinajstić information content (AvgIpc) is 2.48. The van der Waals surface area contributed by atoms with Gasteiger partial charge in [-0.25, -0.2) is 0 Å². The van der Waals surface area contributed by atoms with E-state index in [-0.39, 0.29) is 11.9 Å². The molecule has 0 bridgehead atoms. The van der Waals surface area contributed by atoms with Gasteiger partial charge >= 0.3 is 0 Å². The SMILES string of the molecule is CC1C=CC(=O)N1c1ccccc1. The highest BCUT2D eigenvalue weighted by molar-refractivity contribution is 6.04. The van der Waals surface area contributed by atoms with Crippen molar-refractivity contribution in [2.45, 2.75) is 13.0 Å². The highest BCUT2D eigenvalue weighted by Crippen LogP contribution is 2.21. The van der Waals surface area contributed by atoms with Crippen molar-refractivity contribution in [3.8, 4) is 0 Å². The van der Waals surface area contributed by atoms with Gasteiger partial charge in [-0.3, -0.25) is 4.79 Å². The molecule has 13 heavy (non-hydrogen) atoms. The second kappa shape index (κ2) is 3.05. The molecule has 0 radical (unpaired) electrons. The number of hydrogen-bond acceptors (Lipinski definition) is 1. The molecule has 1 aromatic carbocycles. The first-order valence-electron chi connectivity index (χ1n) is 4.35. The first-order chi connectivity index (χ1) is 6.29. The van der Waals surface area contributed by atoms with Crippen LogP contribution in [-0.4, -0.2) is 11.9 Å². The van der Waals surface area contributed by atoms with Crippen molar-refractivity contribution in [2.24, 2.45) is 0 Å². The van der Waals surface area contributed by atoms with Crippen molar-refractivity contribution in [3.63, 3.8) is 0 Å². The summed E-state index contributed by atoms with van der Waals surface area (Å²) >= 11 is 0. The molecule has 0 aliphatic carbocycles. The zero-order chi connectivity index (χ0) is 9.26. The molecule has 0 saturated heterocycles. The maximum absolute atomic E-state index is 11.4. The van der Waals surface area contributed by atoms with Crippen molar-refractivity contribution < 1.29 is 4.79 Å². The fourth-order valence-electron chi connectivity index (χ4n) is 1.54. The summed E-state index contributed by atoms with van der Waals surface area (Å²) < 4.78 is 0. The van der Waals surface area contributed by atoms with Crippen LogP contribution >= 0.6 is 0 Å². The largest absolute Gasteiger partial charge is 0.302 e. The van der Waals surface area contributed by atoms with E-state index in [0.717, 1.165) is 5.69 Å². The quantitative estimate of drug-likeness (QED) is 0.636. The third-order valence-corrected chi connectivity index (χ3v) is 2.20. The Hall–Kier alpha value is -1.57. The maximum Gasteiger partial charge on any atom is 0.251 e. The fraction of sp³-hybridized carbons (Fsp3) is 0.182. The van der Waals surface area contributed by atoms with Crippen LogP contribution in [-0.2, 0) is 4.79 Å². The van der Waals surface area contributed by atoms with Crippen LogP contribution in [0.1, 0.15) is 6.92 Å². The second-order valence-corrected chi connectivity index (χ2v) is 3.14. The van der Waals surface area contributed by atoms with Gasteiger partial charge in [-0.15, -0.1) is 0 Å². The van der Waals surface area contributed by atoms with Gasteiger partial charge < -0.3 is 4.90 Å². The standard InChI is InChI=1S/C11H11NO/c1-9-7-8-11(13)12(9)10-5-3-2-4-6-10/h2-9H,1H3. The summed E-state index contributed by atoms with van der Waals surface area (Å²) in [6.45, 7) is 2.01. The molecule has 0 aromatic heterocycles. The Balaban J connectivity index is 2.33. The Bertz CT molecular complexity index is 342. The Morgan fingerprint density at radius 2 is 1.92 bits per heavy atom. The van der Waals surface area contributed by atoms with Gasteiger partial charge in [0.15, 0.2) is 0 Å². The molecule has 1 amide bonds. The van der Waals surface area contributed by atoms with Crippen LogP contribution in [0.4, 0.5) is 5.69 Å². The van der Waals surface area contributed by atoms with E-state index in [1.165, 1.54) is 0 Å². The number of carbonyl (C=O) groups is 1. The number of rotatable bonds is 1. The van der Waals surface area contributed by atoms with Gasteiger partial charge in [0.1, 0.15) is 0 Å². The van der Waals surface area contributed by atoms with E-state index < -0.39 is 0 Å². The van der Waals surface area contributed by atoms with E-state index in [1.807, 2.05) is 43.3 Å². The van der Waals surface area contributed by atoms with E-state index in [1.54, 1.807) is 11.0 Å². The number of para-hydroxylation sites is 1. The predicted molar refractivity (Wildman–Crippen MR) is 52.5 cm³/mol. The number of hydrogen-bond donors (Lipinski definition) is 0. The van der Waals surface area contributed by atoms with Crippen LogP contribution < -0.4 is 4.90 Å². The fourth-order valence-corrected chi connectivity index (χ4v) is 1.54. The molecule has 2 rings (SSSR count). The number of anilines is 1. The van der Waals surface area contributed by atoms with Crippen LogP contribution in [0.15, 0.2) is 42.5 Å². The third-order valence-electron chi connectivity index (χ3n) is 2.20. The Morgan fingerprint density at radius 3 is 2.46 bits per heavy atom. The highest BCUT2D eigenvalue weighted by Gasteiger charge is 2.22. The van der Waals surface area contributed by atoms with E-state index in [4.69, 9.17) is 0 Å². The Kier molecular flexibility index (Phi) is 1.89. The lowest BCUT2D eigenvalue weighted by Crippen LogP contribution is -2.31. The van der Waals surface area contributed by atoms with E-state index in [2.05, 4.69) is 0 Å². The van der Waals surface area contributed by atoms with Crippen molar-refractivity contribution >= 4 is 11.6 Å². The van der Waals surface area contributed by atoms with Crippen LogP contribution in [0.25, 0.3) is 0 Å². The lowest BCUT2D eigenvalue weighted by atomic mass is 10.2. The van der Waals surface area contributed by atoms with Gasteiger partial charge in [-0.1, -0.05) is 24.3 Å². The summed E-state index contributed by atoms with van der Waals surface area (Å²) in [7, 11) is 0.